The molecular weight excluding hydrogens is 358 g/mol. The first-order chi connectivity index (χ1) is 12.7. The second-order valence-electron chi connectivity index (χ2n) is 7.12. The van der Waals surface area contributed by atoms with E-state index in [0.29, 0.717) is 17.8 Å². The Balaban J connectivity index is 2.13. The zero-order valence-corrected chi connectivity index (χ0v) is 16.9. The molecule has 2 rings (SSSR count). The van der Waals surface area contributed by atoms with E-state index in [1.54, 1.807) is 29.2 Å². The fourth-order valence-corrected chi connectivity index (χ4v) is 2.60. The molecule has 27 heavy (non-hydrogen) atoms. The Morgan fingerprint density at radius 2 is 1.70 bits per heavy atom. The largest absolute Gasteiger partial charge is 0.332 e. The topological polar surface area (TPSA) is 61.4 Å². The van der Waals surface area contributed by atoms with Crippen molar-refractivity contribution in [2.45, 2.75) is 27.7 Å². The zero-order valence-electron chi connectivity index (χ0n) is 16.1. The van der Waals surface area contributed by atoms with Crippen molar-refractivity contribution in [3.05, 3.63) is 60.2 Å². The van der Waals surface area contributed by atoms with Crippen LogP contribution in [0, 0.1) is 5.41 Å². The fourth-order valence-electron chi connectivity index (χ4n) is 2.39. The van der Waals surface area contributed by atoms with Gasteiger partial charge in [0.05, 0.1) is 0 Å². The molecule has 0 unspecified atom stereocenters. The SMILES string of the molecule is CCN(C(=O)c1cccc(NC(=S)NC(=O)C(C)(C)C)c1)c1ccccc1. The minimum atomic E-state index is -0.541. The van der Waals surface area contributed by atoms with Gasteiger partial charge in [-0.1, -0.05) is 45.0 Å². The molecule has 0 radical (unpaired) electrons. The summed E-state index contributed by atoms with van der Waals surface area (Å²) in [5, 5.41) is 5.83. The molecule has 0 saturated heterocycles. The summed E-state index contributed by atoms with van der Waals surface area (Å²) in [5.41, 5.74) is 1.48. The normalized spacial score (nSPS) is 10.8. The molecule has 0 aliphatic carbocycles. The summed E-state index contributed by atoms with van der Waals surface area (Å²) in [5.74, 6) is -0.273. The van der Waals surface area contributed by atoms with Gasteiger partial charge in [-0.25, -0.2) is 0 Å². The van der Waals surface area contributed by atoms with Crippen LogP contribution in [0.5, 0.6) is 0 Å². The number of para-hydroxylation sites is 1. The lowest BCUT2D eigenvalue weighted by atomic mass is 9.96. The summed E-state index contributed by atoms with van der Waals surface area (Å²) in [7, 11) is 0. The summed E-state index contributed by atoms with van der Waals surface area (Å²) in [4.78, 5) is 26.7. The number of hydrogen-bond acceptors (Lipinski definition) is 3. The Hall–Kier alpha value is -2.73. The highest BCUT2D eigenvalue weighted by atomic mass is 32.1. The van der Waals surface area contributed by atoms with Gasteiger partial charge in [0.25, 0.3) is 5.91 Å². The van der Waals surface area contributed by atoms with Crippen molar-refractivity contribution < 1.29 is 9.59 Å². The lowest BCUT2D eigenvalue weighted by Gasteiger charge is -2.21. The van der Waals surface area contributed by atoms with Crippen LogP contribution in [-0.2, 0) is 4.79 Å². The average molecular weight is 384 g/mol. The molecule has 2 N–H and O–H groups in total. The van der Waals surface area contributed by atoms with Gasteiger partial charge in [0.2, 0.25) is 5.91 Å². The molecule has 0 aliphatic heterocycles. The van der Waals surface area contributed by atoms with E-state index in [4.69, 9.17) is 12.2 Å². The molecule has 0 saturated carbocycles. The van der Waals surface area contributed by atoms with Crippen LogP contribution >= 0.6 is 12.2 Å². The molecule has 0 aliphatic rings. The van der Waals surface area contributed by atoms with Crippen LogP contribution < -0.4 is 15.5 Å². The molecule has 2 aromatic carbocycles. The van der Waals surface area contributed by atoms with Crippen molar-refractivity contribution in [1.82, 2.24) is 5.32 Å². The van der Waals surface area contributed by atoms with Crippen molar-refractivity contribution in [2.75, 3.05) is 16.8 Å². The third kappa shape index (κ3) is 5.62. The highest BCUT2D eigenvalue weighted by molar-refractivity contribution is 7.80. The highest BCUT2D eigenvalue weighted by Crippen LogP contribution is 2.19. The number of hydrogen-bond donors (Lipinski definition) is 2. The van der Waals surface area contributed by atoms with Crippen LogP contribution in [0.2, 0.25) is 0 Å². The van der Waals surface area contributed by atoms with Crippen molar-refractivity contribution in [1.29, 1.82) is 0 Å². The van der Waals surface area contributed by atoms with Gasteiger partial charge in [0, 0.05) is 28.9 Å². The number of carbonyl (C=O) groups is 2. The van der Waals surface area contributed by atoms with E-state index in [2.05, 4.69) is 10.6 Å². The van der Waals surface area contributed by atoms with Crippen molar-refractivity contribution in [3.63, 3.8) is 0 Å². The molecular formula is C21H25N3O2S. The van der Waals surface area contributed by atoms with E-state index in [9.17, 15) is 9.59 Å². The number of nitrogens with zero attached hydrogens (tertiary/aromatic N) is 1. The lowest BCUT2D eigenvalue weighted by Crippen LogP contribution is -2.41. The Labute approximate surface area is 165 Å². The Morgan fingerprint density at radius 3 is 2.30 bits per heavy atom. The van der Waals surface area contributed by atoms with Crippen molar-refractivity contribution in [2.24, 2.45) is 5.41 Å². The second kappa shape index (κ2) is 8.77. The van der Waals surface area contributed by atoms with Crippen LogP contribution in [-0.4, -0.2) is 23.5 Å². The minimum Gasteiger partial charge on any atom is -0.332 e. The van der Waals surface area contributed by atoms with E-state index in [0.717, 1.165) is 5.69 Å². The van der Waals surface area contributed by atoms with Crippen molar-refractivity contribution >= 4 is 40.5 Å². The Morgan fingerprint density at radius 1 is 1.04 bits per heavy atom. The lowest BCUT2D eigenvalue weighted by molar-refractivity contribution is -0.126. The van der Waals surface area contributed by atoms with Crippen LogP contribution in [0.25, 0.3) is 0 Å². The Kier molecular flexibility index (Phi) is 6.69. The van der Waals surface area contributed by atoms with Gasteiger partial charge in [-0.2, -0.15) is 0 Å². The first-order valence-corrected chi connectivity index (χ1v) is 9.22. The van der Waals surface area contributed by atoms with E-state index in [-0.39, 0.29) is 16.9 Å². The van der Waals surface area contributed by atoms with Crippen LogP contribution in [0.1, 0.15) is 38.1 Å². The molecule has 0 aromatic heterocycles. The molecule has 2 amide bonds. The van der Waals surface area contributed by atoms with Gasteiger partial charge >= 0.3 is 0 Å². The third-order valence-corrected chi connectivity index (χ3v) is 4.11. The zero-order chi connectivity index (χ0) is 20.0. The monoisotopic (exact) mass is 383 g/mol. The van der Waals surface area contributed by atoms with Gasteiger partial charge < -0.3 is 15.5 Å². The molecule has 0 spiro atoms. The molecule has 2 aromatic rings. The maximum atomic E-state index is 12.9. The number of amides is 2. The molecule has 142 valence electrons. The Bertz CT molecular complexity index is 829. The highest BCUT2D eigenvalue weighted by Gasteiger charge is 2.22. The fraction of sp³-hybridized carbons (Fsp3) is 0.286. The quantitative estimate of drug-likeness (QED) is 0.777. The maximum Gasteiger partial charge on any atom is 0.258 e. The summed E-state index contributed by atoms with van der Waals surface area (Å²) in [6.45, 7) is 7.93. The summed E-state index contributed by atoms with van der Waals surface area (Å²) < 4.78 is 0. The van der Waals surface area contributed by atoms with Crippen LogP contribution in [0.3, 0.4) is 0 Å². The third-order valence-electron chi connectivity index (χ3n) is 3.90. The smallest absolute Gasteiger partial charge is 0.258 e. The first-order valence-electron chi connectivity index (χ1n) is 8.81. The van der Waals surface area contributed by atoms with Crippen LogP contribution in [0.15, 0.2) is 54.6 Å². The number of thiocarbonyl (C=S) groups is 1. The molecule has 0 heterocycles. The van der Waals surface area contributed by atoms with E-state index in [1.807, 2.05) is 58.0 Å². The summed E-state index contributed by atoms with van der Waals surface area (Å²) in [6.07, 6.45) is 0. The number of anilines is 2. The maximum absolute atomic E-state index is 12.9. The van der Waals surface area contributed by atoms with E-state index < -0.39 is 5.41 Å². The number of carbonyl (C=O) groups excluding carboxylic acids is 2. The van der Waals surface area contributed by atoms with E-state index >= 15 is 0 Å². The van der Waals surface area contributed by atoms with Gasteiger partial charge in [0.1, 0.15) is 0 Å². The summed E-state index contributed by atoms with van der Waals surface area (Å²) in [6, 6.07) is 16.6. The van der Waals surface area contributed by atoms with Crippen molar-refractivity contribution in [3.8, 4) is 0 Å². The van der Waals surface area contributed by atoms with Crippen LogP contribution in [0.4, 0.5) is 11.4 Å². The first kappa shape index (κ1) is 20.6. The number of rotatable bonds is 4. The minimum absolute atomic E-state index is 0.100. The second-order valence-corrected chi connectivity index (χ2v) is 7.53. The van der Waals surface area contributed by atoms with Gasteiger partial charge in [-0.3, -0.25) is 9.59 Å². The standard InChI is InChI=1S/C21H25N3O2S/c1-5-24(17-12-7-6-8-13-17)18(25)15-10-9-11-16(14-15)22-20(27)23-19(26)21(2,3)4/h6-14H,5H2,1-4H3,(H2,22,23,26,27). The number of benzene rings is 2. The van der Waals surface area contributed by atoms with Gasteiger partial charge in [-0.05, 0) is 49.5 Å². The predicted molar refractivity (Wildman–Crippen MR) is 114 cm³/mol. The molecule has 6 heteroatoms. The van der Waals surface area contributed by atoms with Gasteiger partial charge in [-0.15, -0.1) is 0 Å². The van der Waals surface area contributed by atoms with E-state index in [1.165, 1.54) is 0 Å². The average Bonchev–Trinajstić information content (AvgIpc) is 2.62. The van der Waals surface area contributed by atoms with Gasteiger partial charge in [0.15, 0.2) is 5.11 Å². The summed E-state index contributed by atoms with van der Waals surface area (Å²) >= 11 is 5.20. The molecule has 5 nitrogen and oxygen atoms in total. The number of nitrogens with one attached hydrogen (secondary N) is 2. The molecule has 0 bridgehead atoms. The molecule has 0 atom stereocenters. The predicted octanol–water partition coefficient (Wildman–Crippen LogP) is 4.21. The molecule has 0 fully saturated rings.